The second-order valence-electron chi connectivity index (χ2n) is 8.52. The van der Waals surface area contributed by atoms with Crippen molar-refractivity contribution in [3.63, 3.8) is 0 Å². The summed E-state index contributed by atoms with van der Waals surface area (Å²) in [6.07, 6.45) is 4.95. The molecule has 5 aromatic rings. The maximum absolute atomic E-state index is 5.50. The second-order valence-corrected chi connectivity index (χ2v) is 10.3. The Balaban J connectivity index is 1.53. The number of anilines is 1. The summed E-state index contributed by atoms with van der Waals surface area (Å²) >= 11 is 5.17. The van der Waals surface area contributed by atoms with Gasteiger partial charge in [0.25, 0.3) is 0 Å². The van der Waals surface area contributed by atoms with Crippen LogP contribution in [-0.2, 0) is 17.8 Å². The number of rotatable bonds is 11. The molecule has 0 spiro atoms. The number of halogens is 1. The van der Waals surface area contributed by atoms with Gasteiger partial charge in [0, 0.05) is 44.0 Å². The third-order valence-electron chi connectivity index (χ3n) is 6.22. The van der Waals surface area contributed by atoms with Gasteiger partial charge in [0.05, 0.1) is 49.0 Å². The second kappa shape index (κ2) is 11.5. The van der Waals surface area contributed by atoms with Gasteiger partial charge in [-0.1, -0.05) is 0 Å². The molecule has 11 heteroatoms. The molecule has 0 aliphatic heterocycles. The van der Waals surface area contributed by atoms with Crippen molar-refractivity contribution in [3.05, 3.63) is 52.2 Å². The lowest BCUT2D eigenvalue weighted by molar-refractivity contribution is 0.190. The number of methoxy groups -OCH3 is 4. The highest BCUT2D eigenvalue weighted by Gasteiger charge is 2.18. The van der Waals surface area contributed by atoms with Crippen molar-refractivity contribution >= 4 is 54.3 Å². The number of aromatic nitrogens is 4. The molecule has 4 heterocycles. The van der Waals surface area contributed by atoms with Crippen molar-refractivity contribution < 1.29 is 18.9 Å². The molecule has 38 heavy (non-hydrogen) atoms. The van der Waals surface area contributed by atoms with Crippen molar-refractivity contribution in [3.8, 4) is 28.5 Å². The highest BCUT2D eigenvalue weighted by Crippen LogP contribution is 2.39. The summed E-state index contributed by atoms with van der Waals surface area (Å²) < 4.78 is 25.7. The topological polar surface area (TPSA) is 92.6 Å². The molecule has 4 aromatic heterocycles. The zero-order valence-corrected chi connectivity index (χ0v) is 24.0. The van der Waals surface area contributed by atoms with Crippen LogP contribution in [-0.4, -0.2) is 54.6 Å². The molecule has 0 aliphatic carbocycles. The Hall–Kier alpha value is -3.41. The summed E-state index contributed by atoms with van der Waals surface area (Å²) in [4.78, 5) is 14.2. The molecular formula is C27H28BrN5O4S. The lowest BCUT2D eigenvalue weighted by Crippen LogP contribution is -2.05. The van der Waals surface area contributed by atoms with E-state index in [2.05, 4.69) is 37.0 Å². The average molecular weight is 599 g/mol. The summed E-state index contributed by atoms with van der Waals surface area (Å²) in [5.41, 5.74) is 4.80. The Labute approximate surface area is 232 Å². The minimum absolute atomic E-state index is 0.472. The molecule has 1 N–H and O–H groups in total. The monoisotopic (exact) mass is 597 g/mol. The van der Waals surface area contributed by atoms with Crippen molar-refractivity contribution in [1.29, 1.82) is 0 Å². The highest BCUT2D eigenvalue weighted by molar-refractivity contribution is 9.10. The van der Waals surface area contributed by atoms with Crippen LogP contribution in [0.4, 0.5) is 5.95 Å². The number of pyridine rings is 1. The van der Waals surface area contributed by atoms with Gasteiger partial charge in [0.15, 0.2) is 11.5 Å². The number of benzene rings is 1. The number of ether oxygens (including phenoxy) is 4. The molecule has 9 nitrogen and oxygen atoms in total. The number of nitrogens with zero attached hydrogens (tertiary/aromatic N) is 4. The van der Waals surface area contributed by atoms with Crippen LogP contribution in [0.1, 0.15) is 12.0 Å². The van der Waals surface area contributed by atoms with Crippen LogP contribution >= 0.6 is 27.3 Å². The molecule has 5 rings (SSSR count). The van der Waals surface area contributed by atoms with Gasteiger partial charge in [-0.25, -0.2) is 15.0 Å². The van der Waals surface area contributed by atoms with Crippen molar-refractivity contribution in [1.82, 2.24) is 19.5 Å². The van der Waals surface area contributed by atoms with E-state index in [1.54, 1.807) is 39.8 Å². The van der Waals surface area contributed by atoms with Crippen LogP contribution < -0.4 is 19.5 Å². The van der Waals surface area contributed by atoms with Crippen molar-refractivity contribution in [2.75, 3.05) is 40.4 Å². The van der Waals surface area contributed by atoms with E-state index < -0.39 is 0 Å². The van der Waals surface area contributed by atoms with E-state index in [4.69, 9.17) is 28.9 Å². The Morgan fingerprint density at radius 2 is 1.82 bits per heavy atom. The summed E-state index contributed by atoms with van der Waals surface area (Å²) in [6, 6.07) is 7.89. The number of nitrogens with one attached hydrogen (secondary N) is 1. The van der Waals surface area contributed by atoms with E-state index in [-0.39, 0.29) is 0 Å². The fraction of sp³-hybridized carbons (Fsp3) is 0.296. The predicted octanol–water partition coefficient (Wildman–Crippen LogP) is 6.14. The van der Waals surface area contributed by atoms with Gasteiger partial charge >= 0.3 is 0 Å². The largest absolute Gasteiger partial charge is 0.493 e. The first-order valence-corrected chi connectivity index (χ1v) is 13.6. The van der Waals surface area contributed by atoms with Crippen LogP contribution in [0.15, 0.2) is 46.6 Å². The predicted molar refractivity (Wildman–Crippen MR) is 154 cm³/mol. The average Bonchev–Trinajstić information content (AvgIpc) is 3.55. The van der Waals surface area contributed by atoms with Crippen LogP contribution in [0.2, 0.25) is 0 Å². The zero-order chi connectivity index (χ0) is 26.6. The third-order valence-corrected chi connectivity index (χ3v) is 7.56. The molecule has 0 atom stereocenters. The zero-order valence-electron chi connectivity index (χ0n) is 21.6. The van der Waals surface area contributed by atoms with E-state index in [9.17, 15) is 0 Å². The summed E-state index contributed by atoms with van der Waals surface area (Å²) in [7, 11) is 6.52. The molecule has 1 aromatic carbocycles. The summed E-state index contributed by atoms with van der Waals surface area (Å²) in [6.45, 7) is 1.98. The number of aryl methyl sites for hydroxylation is 1. The van der Waals surface area contributed by atoms with Gasteiger partial charge in [-0.2, -0.15) is 0 Å². The molecular weight excluding hydrogens is 570 g/mol. The Kier molecular flexibility index (Phi) is 7.96. The number of thiophene rings is 1. The maximum atomic E-state index is 5.50. The fourth-order valence-electron chi connectivity index (χ4n) is 4.46. The smallest absolute Gasteiger partial charge is 0.224 e. The van der Waals surface area contributed by atoms with Crippen molar-refractivity contribution in [2.45, 2.75) is 19.5 Å². The summed E-state index contributed by atoms with van der Waals surface area (Å²) in [5, 5.41) is 6.51. The molecule has 0 saturated heterocycles. The lowest BCUT2D eigenvalue weighted by Gasteiger charge is -2.14. The van der Waals surface area contributed by atoms with Gasteiger partial charge in [0.1, 0.15) is 4.60 Å². The third kappa shape index (κ3) is 5.13. The fourth-order valence-corrected chi connectivity index (χ4v) is 5.62. The van der Waals surface area contributed by atoms with Gasteiger partial charge in [-0.15, -0.1) is 11.3 Å². The van der Waals surface area contributed by atoms with E-state index in [1.807, 2.05) is 35.8 Å². The molecule has 0 bridgehead atoms. The molecule has 0 radical (unpaired) electrons. The molecule has 0 saturated carbocycles. The number of hydrogen-bond donors (Lipinski definition) is 1. The van der Waals surface area contributed by atoms with Crippen LogP contribution in [0.5, 0.6) is 17.2 Å². The first-order valence-electron chi connectivity index (χ1n) is 12.0. The normalized spacial score (nSPS) is 11.3. The van der Waals surface area contributed by atoms with Crippen molar-refractivity contribution in [2.24, 2.45) is 0 Å². The number of fused-ring (bicyclic) bond motifs is 2. The molecule has 0 fully saturated rings. The highest BCUT2D eigenvalue weighted by atomic mass is 79.9. The first kappa shape index (κ1) is 26.2. The van der Waals surface area contributed by atoms with E-state index in [0.717, 1.165) is 55.5 Å². The van der Waals surface area contributed by atoms with Crippen LogP contribution in [0.25, 0.3) is 32.4 Å². The van der Waals surface area contributed by atoms with Crippen LogP contribution in [0, 0.1) is 0 Å². The van der Waals surface area contributed by atoms with E-state index >= 15 is 0 Å². The van der Waals surface area contributed by atoms with E-state index in [0.29, 0.717) is 36.3 Å². The minimum Gasteiger partial charge on any atom is -0.493 e. The number of hydrogen-bond acceptors (Lipinski definition) is 9. The van der Waals surface area contributed by atoms with Gasteiger partial charge in [0.2, 0.25) is 11.7 Å². The Morgan fingerprint density at radius 3 is 2.53 bits per heavy atom. The van der Waals surface area contributed by atoms with Gasteiger partial charge < -0.3 is 28.8 Å². The maximum Gasteiger partial charge on any atom is 0.224 e. The lowest BCUT2D eigenvalue weighted by atomic mass is 10.1. The van der Waals surface area contributed by atoms with Crippen LogP contribution in [0.3, 0.4) is 0 Å². The standard InChI is InChI=1S/C27H28BrN5O4S/c1-34-8-5-7-33-15-18(17-12-23(28)29-14-20(17)33)24-26-19(6-9-38-26)31-27(32-24)30-13-16-10-21(35-2)25(37-4)22(11-16)36-3/h6,9-12,14-15H,5,7-8,13H2,1-4H3,(H,30,31,32). The quantitative estimate of drug-likeness (QED) is 0.143. The first-order chi connectivity index (χ1) is 18.6. The molecule has 0 unspecified atom stereocenters. The van der Waals surface area contributed by atoms with E-state index in [1.165, 1.54) is 0 Å². The summed E-state index contributed by atoms with van der Waals surface area (Å²) in [5.74, 6) is 2.28. The Bertz CT molecular complexity index is 1560. The minimum atomic E-state index is 0.472. The molecule has 198 valence electrons. The SMILES string of the molecule is COCCCn1cc(-c2nc(NCc3cc(OC)c(OC)c(OC)c3)nc3ccsc23)c2cc(Br)ncc21. The molecule has 0 aliphatic rings. The molecule has 0 amide bonds. The van der Waals surface area contributed by atoms with Gasteiger partial charge in [-0.05, 0) is 57.6 Å². The Morgan fingerprint density at radius 1 is 1.03 bits per heavy atom. The van der Waals surface area contributed by atoms with Gasteiger partial charge in [-0.3, -0.25) is 0 Å².